The molecule has 0 saturated carbocycles. The molecular weight excluding hydrogens is 304 g/mol. The summed E-state index contributed by atoms with van der Waals surface area (Å²) in [6.07, 6.45) is -2.52. The number of carbonyl (C=O) groups excluding carboxylic acids is 3. The molecule has 0 aromatic rings. The Morgan fingerprint density at radius 1 is 1.23 bits per heavy atom. The molecule has 1 aliphatic heterocycles. The van der Waals surface area contributed by atoms with E-state index < -0.39 is 42.1 Å². The van der Waals surface area contributed by atoms with E-state index in [9.17, 15) is 24.5 Å². The van der Waals surface area contributed by atoms with E-state index in [2.05, 4.69) is 10.4 Å². The molecule has 2 atom stereocenters. The zero-order valence-electron chi connectivity index (χ0n) is 12.0. The maximum absolute atomic E-state index is 11.1. The normalized spacial score (nSPS) is 22.0. The predicted molar refractivity (Wildman–Crippen MR) is 67.1 cm³/mol. The van der Waals surface area contributed by atoms with Gasteiger partial charge in [-0.1, -0.05) is 0 Å². The Bertz CT molecular complexity index is 519. The number of carbonyl (C=O) groups is 3. The van der Waals surface area contributed by atoms with E-state index in [1.807, 2.05) is 0 Å². The van der Waals surface area contributed by atoms with Gasteiger partial charge in [-0.05, 0) is 0 Å². The lowest BCUT2D eigenvalue weighted by atomic mass is 10.5. The molecule has 1 fully saturated rings. The fourth-order valence-corrected chi connectivity index (χ4v) is 1.59. The Morgan fingerprint density at radius 3 is 2.27 bits per heavy atom. The minimum Gasteiger partial charge on any atom is -0.444 e. The minimum atomic E-state index is -1.28. The number of guanidine groups is 1. The minimum absolute atomic E-state index is 0.385. The summed E-state index contributed by atoms with van der Waals surface area (Å²) in [5.74, 6) is -2.51. The average Bonchev–Trinajstić information content (AvgIpc) is 2.62. The molecule has 122 valence electrons. The molecule has 1 N–H and O–H groups in total. The van der Waals surface area contributed by atoms with Gasteiger partial charge in [0.15, 0.2) is 11.8 Å². The van der Waals surface area contributed by atoms with Crippen LogP contribution in [0.4, 0.5) is 0 Å². The van der Waals surface area contributed by atoms with Crippen LogP contribution in [0.5, 0.6) is 0 Å². The highest BCUT2D eigenvalue weighted by atomic mass is 16.7. The number of nitro groups is 1. The van der Waals surface area contributed by atoms with Gasteiger partial charge in [-0.3, -0.25) is 19.3 Å². The third-order valence-corrected chi connectivity index (χ3v) is 2.27. The molecule has 1 saturated heterocycles. The standard InChI is InChI=1S/C10H14N4O8/c1-5(15)20-4-13-9(22-7(3)17)8(21-6(2)16)11-10(13)12-14(18)19/h8-9H,4H2,1-3H3,(H,11,12). The zero-order chi connectivity index (χ0) is 16.9. The number of esters is 3. The molecule has 0 aromatic heterocycles. The summed E-state index contributed by atoms with van der Waals surface area (Å²) in [5.41, 5.74) is 0. The molecule has 0 bridgehead atoms. The molecule has 22 heavy (non-hydrogen) atoms. The molecule has 1 heterocycles. The van der Waals surface area contributed by atoms with Crippen molar-refractivity contribution >= 4 is 23.9 Å². The molecule has 12 heteroatoms. The largest absolute Gasteiger partial charge is 0.444 e. The van der Waals surface area contributed by atoms with Crippen LogP contribution < -0.4 is 5.32 Å². The second-order valence-corrected chi connectivity index (χ2v) is 4.07. The fraction of sp³-hybridized carbons (Fsp3) is 0.600. The van der Waals surface area contributed by atoms with Gasteiger partial charge in [0.05, 0.1) is 0 Å². The van der Waals surface area contributed by atoms with Gasteiger partial charge in [0.1, 0.15) is 5.10 Å². The number of hydrazone groups is 1. The van der Waals surface area contributed by atoms with Crippen molar-refractivity contribution in [3.63, 3.8) is 0 Å². The highest BCUT2D eigenvalue weighted by Crippen LogP contribution is 2.17. The van der Waals surface area contributed by atoms with Crippen molar-refractivity contribution in [1.82, 2.24) is 10.2 Å². The van der Waals surface area contributed by atoms with Crippen LogP contribution in [-0.4, -0.2) is 53.0 Å². The first-order valence-electron chi connectivity index (χ1n) is 5.94. The fourth-order valence-electron chi connectivity index (χ4n) is 1.59. The molecule has 0 radical (unpaired) electrons. The van der Waals surface area contributed by atoms with E-state index in [1.165, 1.54) is 0 Å². The van der Waals surface area contributed by atoms with E-state index in [1.54, 1.807) is 0 Å². The molecule has 0 amide bonds. The lowest BCUT2D eigenvalue weighted by molar-refractivity contribution is -0.486. The lowest BCUT2D eigenvalue weighted by Crippen LogP contribution is -2.43. The van der Waals surface area contributed by atoms with Crippen LogP contribution in [0.1, 0.15) is 20.8 Å². The predicted octanol–water partition coefficient (Wildman–Crippen LogP) is -1.26. The summed E-state index contributed by atoms with van der Waals surface area (Å²) in [5, 5.41) is 15.0. The van der Waals surface area contributed by atoms with Gasteiger partial charge in [-0.2, -0.15) is 0 Å². The topological polar surface area (TPSA) is 150 Å². The van der Waals surface area contributed by atoms with Crippen LogP contribution >= 0.6 is 0 Å². The Morgan fingerprint density at radius 2 is 1.82 bits per heavy atom. The molecule has 1 rings (SSSR count). The van der Waals surface area contributed by atoms with Crippen molar-refractivity contribution in [3.05, 3.63) is 10.1 Å². The van der Waals surface area contributed by atoms with Gasteiger partial charge in [0.25, 0.3) is 5.96 Å². The van der Waals surface area contributed by atoms with Crippen LogP contribution in [-0.2, 0) is 28.6 Å². The second-order valence-electron chi connectivity index (χ2n) is 4.07. The zero-order valence-corrected chi connectivity index (χ0v) is 12.0. The van der Waals surface area contributed by atoms with Crippen molar-refractivity contribution in [1.29, 1.82) is 0 Å². The smallest absolute Gasteiger partial charge is 0.304 e. The van der Waals surface area contributed by atoms with E-state index in [0.717, 1.165) is 25.7 Å². The van der Waals surface area contributed by atoms with E-state index >= 15 is 0 Å². The van der Waals surface area contributed by atoms with Gasteiger partial charge < -0.3 is 19.5 Å². The van der Waals surface area contributed by atoms with Crippen LogP contribution in [0, 0.1) is 10.1 Å². The Labute approximate surface area is 124 Å². The number of nitrogens with one attached hydrogen (secondary N) is 1. The van der Waals surface area contributed by atoms with E-state index in [-0.39, 0.29) is 5.96 Å². The highest BCUT2D eigenvalue weighted by Gasteiger charge is 2.44. The molecule has 2 unspecified atom stereocenters. The van der Waals surface area contributed by atoms with E-state index in [0.29, 0.717) is 0 Å². The van der Waals surface area contributed by atoms with Crippen LogP contribution in [0.25, 0.3) is 0 Å². The Hall–Kier alpha value is -2.92. The molecule has 12 nitrogen and oxygen atoms in total. The number of hydrogen-bond acceptors (Lipinski definition) is 8. The number of ether oxygens (including phenoxy) is 3. The maximum atomic E-state index is 11.1. The molecule has 1 aliphatic rings. The number of nitrogens with zero attached hydrogens (tertiary/aromatic N) is 3. The lowest BCUT2D eigenvalue weighted by Gasteiger charge is -2.24. The monoisotopic (exact) mass is 318 g/mol. The number of hydrogen-bond donors (Lipinski definition) is 1. The van der Waals surface area contributed by atoms with Crippen molar-refractivity contribution in [2.45, 2.75) is 33.2 Å². The summed E-state index contributed by atoms with van der Waals surface area (Å²) in [4.78, 5) is 44.6. The molecular formula is C10H14N4O8. The van der Waals surface area contributed by atoms with Gasteiger partial charge >= 0.3 is 17.9 Å². The molecule has 0 aromatic carbocycles. The molecule has 0 spiro atoms. The third kappa shape index (κ3) is 4.88. The van der Waals surface area contributed by atoms with Crippen LogP contribution in [0.15, 0.2) is 5.10 Å². The van der Waals surface area contributed by atoms with Gasteiger partial charge in [0.2, 0.25) is 12.5 Å². The first-order chi connectivity index (χ1) is 10.2. The van der Waals surface area contributed by atoms with Crippen LogP contribution in [0.2, 0.25) is 0 Å². The summed E-state index contributed by atoms with van der Waals surface area (Å²) < 4.78 is 14.5. The summed E-state index contributed by atoms with van der Waals surface area (Å²) >= 11 is 0. The Kier molecular flexibility index (Phi) is 5.60. The van der Waals surface area contributed by atoms with Gasteiger partial charge in [-0.15, -0.1) is 0 Å². The van der Waals surface area contributed by atoms with Gasteiger partial charge in [-0.25, -0.2) is 10.1 Å². The first-order valence-corrected chi connectivity index (χ1v) is 5.94. The summed E-state index contributed by atoms with van der Waals surface area (Å²) in [7, 11) is 0. The molecule has 0 aliphatic carbocycles. The van der Waals surface area contributed by atoms with Crippen molar-refractivity contribution in [2.24, 2.45) is 5.10 Å². The highest BCUT2D eigenvalue weighted by molar-refractivity contribution is 5.83. The Balaban J connectivity index is 3.06. The first kappa shape index (κ1) is 17.1. The quantitative estimate of drug-likeness (QED) is 0.281. The van der Waals surface area contributed by atoms with Gasteiger partial charge in [0, 0.05) is 20.8 Å². The second kappa shape index (κ2) is 7.19. The SMILES string of the molecule is CC(=O)OCN1/C(=N\[N+](=O)[O-])NC(OC(C)=O)C1OC(C)=O. The average molecular weight is 318 g/mol. The van der Waals surface area contributed by atoms with Crippen molar-refractivity contribution in [3.8, 4) is 0 Å². The number of rotatable bonds is 5. The van der Waals surface area contributed by atoms with Crippen molar-refractivity contribution < 1.29 is 33.6 Å². The van der Waals surface area contributed by atoms with Crippen LogP contribution in [0.3, 0.4) is 0 Å². The van der Waals surface area contributed by atoms with Crippen molar-refractivity contribution in [2.75, 3.05) is 6.73 Å². The van der Waals surface area contributed by atoms with E-state index in [4.69, 9.17) is 14.2 Å². The third-order valence-electron chi connectivity index (χ3n) is 2.27. The summed E-state index contributed by atoms with van der Waals surface area (Å²) in [6.45, 7) is 2.83. The maximum Gasteiger partial charge on any atom is 0.304 e. The summed E-state index contributed by atoms with van der Waals surface area (Å²) in [6, 6.07) is 0.